The molecule has 0 bridgehead atoms. The number of anilines is 6. The Balaban J connectivity index is 1.04. The average molecular weight is 970 g/mol. The fraction of sp³-hybridized carbons (Fsp3) is 0.0137. The van der Waals surface area contributed by atoms with Crippen LogP contribution in [0, 0.1) is 0 Å². The number of hydrogen-bond acceptors (Lipinski definition) is 2. The number of aromatic nitrogens is 1. The summed E-state index contributed by atoms with van der Waals surface area (Å²) in [6.45, 7) is 0. The van der Waals surface area contributed by atoms with Crippen LogP contribution in [0.25, 0.3) is 72.0 Å². The van der Waals surface area contributed by atoms with Gasteiger partial charge in [0.1, 0.15) is 0 Å². The molecule has 1 aromatic heterocycles. The van der Waals surface area contributed by atoms with Crippen LogP contribution in [0.5, 0.6) is 0 Å². The van der Waals surface area contributed by atoms with Crippen LogP contribution in [-0.2, 0) is 0 Å². The minimum absolute atomic E-state index is 0.00751. The van der Waals surface area contributed by atoms with Gasteiger partial charge >= 0.3 is 0 Å². The van der Waals surface area contributed by atoms with Gasteiger partial charge in [0.15, 0.2) is 0 Å². The third-order valence-corrected chi connectivity index (χ3v) is 15.2. The van der Waals surface area contributed by atoms with E-state index in [1.54, 1.807) is 0 Å². The Hall–Kier alpha value is -9.96. The maximum Gasteiger partial charge on any atom is 0.0541 e. The van der Waals surface area contributed by atoms with Crippen LogP contribution in [0.15, 0.2) is 303 Å². The fourth-order valence-electron chi connectivity index (χ4n) is 11.7. The molecule has 1 aliphatic rings. The van der Waals surface area contributed by atoms with Crippen LogP contribution in [0.2, 0.25) is 0 Å². The van der Waals surface area contributed by atoms with E-state index >= 15 is 0 Å². The number of benzene rings is 12. The molecule has 1 heterocycles. The average Bonchev–Trinajstić information content (AvgIpc) is 4.04. The molecule has 0 saturated heterocycles. The molecule has 3 heteroatoms. The Morgan fingerprint density at radius 3 is 1.11 bits per heavy atom. The lowest BCUT2D eigenvalue weighted by molar-refractivity contribution is 1.01. The van der Waals surface area contributed by atoms with E-state index in [-0.39, 0.29) is 5.92 Å². The molecule has 13 aromatic rings. The quantitative estimate of drug-likeness (QED) is 0.128. The van der Waals surface area contributed by atoms with Crippen molar-refractivity contribution in [2.75, 3.05) is 9.80 Å². The molecule has 0 spiro atoms. The zero-order valence-corrected chi connectivity index (χ0v) is 41.8. The zero-order chi connectivity index (χ0) is 50.4. The van der Waals surface area contributed by atoms with E-state index in [1.807, 2.05) is 0 Å². The van der Waals surface area contributed by atoms with Crippen LogP contribution in [0.4, 0.5) is 34.1 Å². The molecule has 1 aliphatic carbocycles. The van der Waals surface area contributed by atoms with Gasteiger partial charge in [-0.05, 0) is 152 Å². The summed E-state index contributed by atoms with van der Waals surface area (Å²) in [5.41, 5.74) is 23.2. The summed E-state index contributed by atoms with van der Waals surface area (Å²) in [6.07, 6.45) is 0. The lowest BCUT2D eigenvalue weighted by Gasteiger charge is -2.29. The van der Waals surface area contributed by atoms with Gasteiger partial charge in [-0.2, -0.15) is 0 Å². The summed E-state index contributed by atoms with van der Waals surface area (Å²) in [5.74, 6) is 0.00751. The molecule has 3 nitrogen and oxygen atoms in total. The number of rotatable bonds is 11. The predicted octanol–water partition coefficient (Wildman–Crippen LogP) is 19.9. The van der Waals surface area contributed by atoms with Crippen molar-refractivity contribution in [1.29, 1.82) is 0 Å². The summed E-state index contributed by atoms with van der Waals surface area (Å²) in [7, 11) is 0. The molecule has 0 unspecified atom stereocenters. The summed E-state index contributed by atoms with van der Waals surface area (Å²) in [4.78, 5) is 4.84. The normalized spacial score (nSPS) is 11.9. The predicted molar refractivity (Wildman–Crippen MR) is 319 cm³/mol. The highest BCUT2D eigenvalue weighted by Crippen LogP contribution is 2.51. The highest BCUT2D eigenvalue weighted by atomic mass is 15.2. The van der Waals surface area contributed by atoms with Gasteiger partial charge < -0.3 is 14.4 Å². The molecule has 0 aliphatic heterocycles. The third kappa shape index (κ3) is 8.03. The van der Waals surface area contributed by atoms with Gasteiger partial charge in [0.05, 0.1) is 11.0 Å². The molecule has 0 N–H and O–H groups in total. The van der Waals surface area contributed by atoms with Gasteiger partial charge in [0, 0.05) is 56.5 Å². The van der Waals surface area contributed by atoms with E-state index < -0.39 is 0 Å². The second-order valence-electron chi connectivity index (χ2n) is 19.7. The monoisotopic (exact) mass is 969 g/mol. The van der Waals surface area contributed by atoms with E-state index in [4.69, 9.17) is 0 Å². The van der Waals surface area contributed by atoms with E-state index in [1.165, 1.54) is 60.8 Å². The fourth-order valence-corrected chi connectivity index (χ4v) is 11.7. The van der Waals surface area contributed by atoms with Crippen molar-refractivity contribution in [3.63, 3.8) is 0 Å². The zero-order valence-electron chi connectivity index (χ0n) is 41.8. The topological polar surface area (TPSA) is 11.4 Å². The lowest BCUT2D eigenvalue weighted by atomic mass is 9.87. The highest BCUT2D eigenvalue weighted by Gasteiger charge is 2.31. The molecular weight excluding hydrogens is 919 g/mol. The highest BCUT2D eigenvalue weighted by molar-refractivity contribution is 6.09. The van der Waals surface area contributed by atoms with Crippen LogP contribution >= 0.6 is 0 Å². The molecule has 0 radical (unpaired) electrons. The van der Waals surface area contributed by atoms with Crippen LogP contribution in [-0.4, -0.2) is 4.57 Å². The van der Waals surface area contributed by atoms with Crippen molar-refractivity contribution in [2.45, 2.75) is 5.92 Å². The molecule has 358 valence electrons. The Labute approximate surface area is 444 Å². The molecule has 0 atom stereocenters. The minimum atomic E-state index is 0.00751. The van der Waals surface area contributed by atoms with Crippen LogP contribution < -0.4 is 9.80 Å². The Kier molecular flexibility index (Phi) is 11.3. The van der Waals surface area contributed by atoms with Crippen molar-refractivity contribution in [3.8, 4) is 50.2 Å². The SMILES string of the molecule is c1ccc(-c2ccc(N(c3ccccc3)c3cc(-c4cc(N(c5ccccc5)c5ccc(-c6ccccc6)cc5)cc(-n5c6ccccc6c6ccccc65)c4)cc(C4c5ccccc5-c5ccccc54)c3)cc2)cc1. The summed E-state index contributed by atoms with van der Waals surface area (Å²) >= 11 is 0. The number of fused-ring (bicyclic) bond motifs is 6. The van der Waals surface area contributed by atoms with Crippen LogP contribution in [0.1, 0.15) is 22.6 Å². The van der Waals surface area contributed by atoms with E-state index in [0.717, 1.165) is 62.0 Å². The van der Waals surface area contributed by atoms with Gasteiger partial charge in [-0.15, -0.1) is 0 Å². The minimum Gasteiger partial charge on any atom is -0.310 e. The van der Waals surface area contributed by atoms with Crippen molar-refractivity contribution >= 4 is 55.9 Å². The van der Waals surface area contributed by atoms with Crippen molar-refractivity contribution in [2.24, 2.45) is 0 Å². The molecule has 0 saturated carbocycles. The number of para-hydroxylation sites is 4. The van der Waals surface area contributed by atoms with E-state index in [2.05, 4.69) is 318 Å². The van der Waals surface area contributed by atoms with E-state index in [9.17, 15) is 0 Å². The standard InChI is InChI=1S/C73H51N3/c1-5-21-51(22-6-1)53-37-41-60(42-38-53)74(58-25-9-3-10-26-58)62-46-55(45-57(49-62)73-69-33-15-13-29-65(69)66-30-14-16-34-70(66)73)56-47-63(50-64(48-56)76-71-35-19-17-31-67(71)68-32-18-20-36-72(68)76)75(59-27-11-4-12-28-59)61-43-39-54(40-44-61)52-23-7-2-8-24-52/h1-50,73H. The summed E-state index contributed by atoms with van der Waals surface area (Å²) < 4.78 is 2.46. The second-order valence-corrected chi connectivity index (χ2v) is 19.7. The Morgan fingerprint density at radius 1 is 0.250 bits per heavy atom. The van der Waals surface area contributed by atoms with Crippen LogP contribution in [0.3, 0.4) is 0 Å². The summed E-state index contributed by atoms with van der Waals surface area (Å²) in [6, 6.07) is 111. The Morgan fingerprint density at radius 2 is 0.618 bits per heavy atom. The van der Waals surface area contributed by atoms with Gasteiger partial charge in [0.2, 0.25) is 0 Å². The van der Waals surface area contributed by atoms with Gasteiger partial charge in [-0.1, -0.05) is 212 Å². The number of hydrogen-bond donors (Lipinski definition) is 0. The van der Waals surface area contributed by atoms with Gasteiger partial charge in [-0.25, -0.2) is 0 Å². The molecule has 0 fully saturated rings. The first-order valence-electron chi connectivity index (χ1n) is 26.2. The van der Waals surface area contributed by atoms with Crippen molar-refractivity contribution < 1.29 is 0 Å². The maximum atomic E-state index is 2.46. The first kappa shape index (κ1) is 44.7. The smallest absolute Gasteiger partial charge is 0.0541 e. The van der Waals surface area contributed by atoms with E-state index in [0.29, 0.717) is 0 Å². The lowest BCUT2D eigenvalue weighted by Crippen LogP contribution is -2.12. The molecule has 14 rings (SSSR count). The first-order valence-corrected chi connectivity index (χ1v) is 26.2. The molecule has 12 aromatic carbocycles. The number of nitrogens with zero attached hydrogens (tertiary/aromatic N) is 3. The van der Waals surface area contributed by atoms with Gasteiger partial charge in [0.25, 0.3) is 0 Å². The molecule has 76 heavy (non-hydrogen) atoms. The second kappa shape index (κ2) is 19.1. The van der Waals surface area contributed by atoms with Crippen molar-refractivity contribution in [3.05, 3.63) is 320 Å². The van der Waals surface area contributed by atoms with Crippen molar-refractivity contribution in [1.82, 2.24) is 4.57 Å². The Bertz CT molecular complexity index is 4100. The maximum absolute atomic E-state index is 2.46. The molecular formula is C73H51N3. The summed E-state index contributed by atoms with van der Waals surface area (Å²) in [5, 5.41) is 2.45. The molecule has 0 amide bonds. The first-order chi connectivity index (χ1) is 37.7. The third-order valence-electron chi connectivity index (χ3n) is 15.2. The van der Waals surface area contributed by atoms with Gasteiger partial charge in [-0.3, -0.25) is 0 Å². The largest absolute Gasteiger partial charge is 0.310 e.